The Balaban J connectivity index is 1.84. The van der Waals surface area contributed by atoms with Crippen molar-refractivity contribution in [3.63, 3.8) is 0 Å². The molecular formula is C26H24N2O5. The number of nitrogens with zero attached hydrogens (tertiary/aromatic N) is 1. The van der Waals surface area contributed by atoms with Crippen molar-refractivity contribution in [1.82, 2.24) is 0 Å². The summed E-state index contributed by atoms with van der Waals surface area (Å²) >= 11 is 0. The summed E-state index contributed by atoms with van der Waals surface area (Å²) in [6.45, 7) is 1.91. The molecule has 0 unspecified atom stereocenters. The second kappa shape index (κ2) is 9.08. The zero-order chi connectivity index (χ0) is 23.5. The molecule has 0 fully saturated rings. The molecule has 0 radical (unpaired) electrons. The number of carbonyl (C=O) groups is 2. The van der Waals surface area contributed by atoms with E-state index in [1.54, 1.807) is 36.4 Å². The first kappa shape index (κ1) is 22.0. The van der Waals surface area contributed by atoms with Gasteiger partial charge in [-0.25, -0.2) is 4.90 Å². The fourth-order valence-corrected chi connectivity index (χ4v) is 3.82. The van der Waals surface area contributed by atoms with E-state index in [9.17, 15) is 9.59 Å². The van der Waals surface area contributed by atoms with Gasteiger partial charge in [0.2, 0.25) is 5.75 Å². The molecule has 1 N–H and O–H groups in total. The topological polar surface area (TPSA) is 77.1 Å². The number of nitrogens with one attached hydrogen (secondary N) is 1. The van der Waals surface area contributed by atoms with Crippen molar-refractivity contribution in [3.05, 3.63) is 83.6 Å². The van der Waals surface area contributed by atoms with Crippen molar-refractivity contribution in [2.75, 3.05) is 31.5 Å². The third kappa shape index (κ3) is 4.01. The van der Waals surface area contributed by atoms with Gasteiger partial charge >= 0.3 is 0 Å². The lowest BCUT2D eigenvalue weighted by molar-refractivity contribution is -0.120. The summed E-state index contributed by atoms with van der Waals surface area (Å²) in [7, 11) is 4.54. The number of aryl methyl sites for hydroxylation is 1. The summed E-state index contributed by atoms with van der Waals surface area (Å²) in [4.78, 5) is 28.2. The maximum atomic E-state index is 13.5. The van der Waals surface area contributed by atoms with Gasteiger partial charge in [0, 0.05) is 17.8 Å². The Morgan fingerprint density at radius 3 is 2.00 bits per heavy atom. The van der Waals surface area contributed by atoms with Gasteiger partial charge in [-0.1, -0.05) is 42.5 Å². The van der Waals surface area contributed by atoms with E-state index in [1.807, 2.05) is 37.3 Å². The van der Waals surface area contributed by atoms with Gasteiger partial charge in [-0.2, -0.15) is 0 Å². The minimum absolute atomic E-state index is 0.168. The van der Waals surface area contributed by atoms with Gasteiger partial charge in [-0.05, 0) is 30.2 Å². The number of hydrogen-bond donors (Lipinski definition) is 1. The average molecular weight is 444 g/mol. The van der Waals surface area contributed by atoms with Crippen LogP contribution in [0.1, 0.15) is 11.1 Å². The van der Waals surface area contributed by atoms with Crippen molar-refractivity contribution in [2.24, 2.45) is 0 Å². The SMILES string of the molecule is COc1cc(NC2=C(c3ccccc3)C(=O)N(c3cccc(C)c3)C2=O)cc(OC)c1OC. The summed E-state index contributed by atoms with van der Waals surface area (Å²) in [5.74, 6) is 0.435. The summed E-state index contributed by atoms with van der Waals surface area (Å²) < 4.78 is 16.2. The lowest BCUT2D eigenvalue weighted by Gasteiger charge is -2.17. The first-order valence-electron chi connectivity index (χ1n) is 10.3. The summed E-state index contributed by atoms with van der Waals surface area (Å²) in [5, 5.41) is 3.14. The molecule has 168 valence electrons. The van der Waals surface area contributed by atoms with Crippen LogP contribution in [-0.2, 0) is 9.59 Å². The molecule has 1 aliphatic heterocycles. The Morgan fingerprint density at radius 1 is 0.758 bits per heavy atom. The van der Waals surface area contributed by atoms with Gasteiger partial charge in [-0.15, -0.1) is 0 Å². The number of methoxy groups -OCH3 is 3. The van der Waals surface area contributed by atoms with Gasteiger partial charge in [0.1, 0.15) is 5.70 Å². The highest BCUT2D eigenvalue weighted by atomic mass is 16.5. The van der Waals surface area contributed by atoms with Crippen LogP contribution in [0.4, 0.5) is 11.4 Å². The molecular weight excluding hydrogens is 420 g/mol. The molecule has 1 aliphatic rings. The number of carbonyl (C=O) groups excluding carboxylic acids is 2. The van der Waals surface area contributed by atoms with Gasteiger partial charge in [0.25, 0.3) is 11.8 Å². The predicted molar refractivity (Wildman–Crippen MR) is 127 cm³/mol. The molecule has 2 amide bonds. The van der Waals surface area contributed by atoms with E-state index >= 15 is 0 Å². The highest BCUT2D eigenvalue weighted by Gasteiger charge is 2.40. The molecule has 0 spiro atoms. The fourth-order valence-electron chi connectivity index (χ4n) is 3.82. The Bertz CT molecular complexity index is 1230. The highest BCUT2D eigenvalue weighted by Crippen LogP contribution is 2.41. The minimum atomic E-state index is -0.446. The molecule has 0 saturated heterocycles. The number of imide groups is 1. The zero-order valence-corrected chi connectivity index (χ0v) is 18.8. The van der Waals surface area contributed by atoms with Crippen LogP contribution >= 0.6 is 0 Å². The molecule has 4 rings (SSSR count). The monoisotopic (exact) mass is 444 g/mol. The first-order chi connectivity index (χ1) is 16.0. The van der Waals surface area contributed by atoms with E-state index in [-0.39, 0.29) is 11.3 Å². The van der Waals surface area contributed by atoms with Crippen LogP contribution in [0, 0.1) is 6.92 Å². The maximum Gasteiger partial charge on any atom is 0.282 e. The molecule has 0 atom stereocenters. The third-order valence-electron chi connectivity index (χ3n) is 5.34. The maximum absolute atomic E-state index is 13.5. The van der Waals surface area contributed by atoms with Crippen molar-refractivity contribution in [3.8, 4) is 17.2 Å². The Kier molecular flexibility index (Phi) is 6.04. The van der Waals surface area contributed by atoms with Crippen LogP contribution in [0.15, 0.2) is 72.4 Å². The van der Waals surface area contributed by atoms with Gasteiger partial charge in [-0.3, -0.25) is 9.59 Å². The number of hydrogen-bond acceptors (Lipinski definition) is 6. The normalized spacial score (nSPS) is 13.4. The van der Waals surface area contributed by atoms with Crippen LogP contribution in [0.2, 0.25) is 0 Å². The third-order valence-corrected chi connectivity index (χ3v) is 5.34. The summed E-state index contributed by atoms with van der Waals surface area (Å²) in [6, 6.07) is 19.8. The number of benzene rings is 3. The Labute approximate surface area is 192 Å². The summed E-state index contributed by atoms with van der Waals surface area (Å²) in [5.41, 5.74) is 3.07. The second-order valence-corrected chi connectivity index (χ2v) is 7.44. The van der Waals surface area contributed by atoms with Crippen molar-refractivity contribution in [1.29, 1.82) is 0 Å². The average Bonchev–Trinajstić information content (AvgIpc) is 3.07. The molecule has 3 aromatic carbocycles. The zero-order valence-electron chi connectivity index (χ0n) is 18.8. The Morgan fingerprint density at radius 2 is 1.42 bits per heavy atom. The second-order valence-electron chi connectivity index (χ2n) is 7.44. The lowest BCUT2D eigenvalue weighted by Crippen LogP contribution is -2.32. The highest BCUT2D eigenvalue weighted by molar-refractivity contribution is 6.46. The van der Waals surface area contributed by atoms with Crippen LogP contribution in [0.25, 0.3) is 5.57 Å². The van der Waals surface area contributed by atoms with Gasteiger partial charge in [0.05, 0.1) is 32.6 Å². The molecule has 1 heterocycles. The van der Waals surface area contributed by atoms with Crippen molar-refractivity contribution >= 4 is 28.8 Å². The fraction of sp³-hybridized carbons (Fsp3) is 0.154. The number of ether oxygens (including phenoxy) is 3. The van der Waals surface area contributed by atoms with Crippen LogP contribution < -0.4 is 24.4 Å². The van der Waals surface area contributed by atoms with Gasteiger partial charge < -0.3 is 19.5 Å². The lowest BCUT2D eigenvalue weighted by atomic mass is 10.0. The van der Waals surface area contributed by atoms with E-state index in [0.717, 1.165) is 5.56 Å². The van der Waals surface area contributed by atoms with Crippen LogP contribution in [0.5, 0.6) is 17.2 Å². The molecule has 3 aromatic rings. The standard InChI is InChI=1S/C26H24N2O5/c1-16-9-8-12-19(13-16)28-25(29)22(17-10-6-5-7-11-17)23(26(28)30)27-18-14-20(31-2)24(33-4)21(15-18)32-3/h5-15,27H,1-4H3. The molecule has 7 heteroatoms. The van der Waals surface area contributed by atoms with Crippen molar-refractivity contribution < 1.29 is 23.8 Å². The predicted octanol–water partition coefficient (Wildman–Crippen LogP) is 4.42. The summed E-state index contributed by atoms with van der Waals surface area (Å²) in [6.07, 6.45) is 0. The largest absolute Gasteiger partial charge is 0.493 e. The molecule has 0 saturated carbocycles. The first-order valence-corrected chi connectivity index (χ1v) is 10.3. The van der Waals surface area contributed by atoms with E-state index < -0.39 is 11.8 Å². The van der Waals surface area contributed by atoms with E-state index in [4.69, 9.17) is 14.2 Å². The Hall–Kier alpha value is -4.26. The smallest absolute Gasteiger partial charge is 0.282 e. The molecule has 0 aliphatic carbocycles. The number of rotatable bonds is 7. The van der Waals surface area contributed by atoms with Crippen LogP contribution in [-0.4, -0.2) is 33.1 Å². The van der Waals surface area contributed by atoms with E-state index in [1.165, 1.54) is 26.2 Å². The number of amides is 2. The molecule has 7 nitrogen and oxygen atoms in total. The number of anilines is 2. The van der Waals surface area contributed by atoms with E-state index in [2.05, 4.69) is 5.32 Å². The molecule has 33 heavy (non-hydrogen) atoms. The van der Waals surface area contributed by atoms with Crippen LogP contribution in [0.3, 0.4) is 0 Å². The molecule has 0 aromatic heterocycles. The van der Waals surface area contributed by atoms with Gasteiger partial charge in [0.15, 0.2) is 11.5 Å². The molecule has 0 bridgehead atoms. The van der Waals surface area contributed by atoms with E-state index in [0.29, 0.717) is 34.2 Å². The van der Waals surface area contributed by atoms with Crippen molar-refractivity contribution in [2.45, 2.75) is 6.92 Å². The quantitative estimate of drug-likeness (QED) is 0.544. The minimum Gasteiger partial charge on any atom is -0.493 e.